The van der Waals surface area contributed by atoms with Crippen molar-refractivity contribution in [2.75, 3.05) is 0 Å². The van der Waals surface area contributed by atoms with E-state index in [2.05, 4.69) is 0 Å². The molecule has 1 aromatic rings. The maximum atomic E-state index is 10.3. The van der Waals surface area contributed by atoms with Crippen LogP contribution in [0, 0.1) is 12.3 Å². The van der Waals surface area contributed by atoms with Gasteiger partial charge in [0.25, 0.3) is 0 Å². The first-order valence-electron chi connectivity index (χ1n) is 4.52. The highest BCUT2D eigenvalue weighted by Crippen LogP contribution is 2.40. The third-order valence-corrected chi connectivity index (χ3v) is 2.84. The molecule has 13 heavy (non-hydrogen) atoms. The normalized spacial score (nSPS) is 17.1. The molecule has 1 aromatic heterocycles. The Balaban J connectivity index is 3.15. The van der Waals surface area contributed by atoms with Crippen LogP contribution in [0.15, 0.2) is 16.9 Å². The fourth-order valence-corrected chi connectivity index (χ4v) is 1.26. The van der Waals surface area contributed by atoms with Gasteiger partial charge in [0.15, 0.2) is 0 Å². The molecule has 0 amide bonds. The van der Waals surface area contributed by atoms with Crippen LogP contribution in [-0.4, -0.2) is 5.11 Å². The van der Waals surface area contributed by atoms with Gasteiger partial charge in [0.05, 0.1) is 18.1 Å². The van der Waals surface area contributed by atoms with Crippen LogP contribution in [0.3, 0.4) is 0 Å². The molecule has 0 saturated carbocycles. The lowest BCUT2D eigenvalue weighted by atomic mass is 9.73. The molecule has 2 heteroatoms. The van der Waals surface area contributed by atoms with Gasteiger partial charge >= 0.3 is 0 Å². The first-order valence-corrected chi connectivity index (χ1v) is 4.52. The van der Waals surface area contributed by atoms with Crippen molar-refractivity contribution in [1.29, 1.82) is 0 Å². The second-order valence-electron chi connectivity index (χ2n) is 4.79. The van der Waals surface area contributed by atoms with Crippen molar-refractivity contribution in [2.24, 2.45) is 5.41 Å². The molecule has 0 saturated heterocycles. The van der Waals surface area contributed by atoms with Gasteiger partial charge in [-0.1, -0.05) is 20.8 Å². The average molecular weight is 182 g/mol. The van der Waals surface area contributed by atoms with Crippen LogP contribution in [0.5, 0.6) is 0 Å². The fraction of sp³-hybridized carbons (Fsp3) is 0.636. The van der Waals surface area contributed by atoms with Crippen LogP contribution < -0.4 is 0 Å². The molecule has 0 spiro atoms. The zero-order valence-electron chi connectivity index (χ0n) is 9.01. The molecule has 0 aromatic carbocycles. The minimum Gasteiger partial charge on any atom is -0.472 e. The Morgan fingerprint density at radius 1 is 1.15 bits per heavy atom. The predicted octanol–water partition coefficient (Wildman–Crippen LogP) is 2.84. The summed E-state index contributed by atoms with van der Waals surface area (Å²) >= 11 is 0. The maximum absolute atomic E-state index is 10.3. The summed E-state index contributed by atoms with van der Waals surface area (Å²) in [7, 11) is 0. The van der Waals surface area contributed by atoms with Gasteiger partial charge in [0.2, 0.25) is 0 Å². The van der Waals surface area contributed by atoms with E-state index in [0.29, 0.717) is 0 Å². The lowest BCUT2D eigenvalue weighted by Gasteiger charge is -2.36. The maximum Gasteiger partial charge on any atom is 0.0966 e. The number of aryl methyl sites for hydroxylation is 1. The van der Waals surface area contributed by atoms with Gasteiger partial charge in [-0.3, -0.25) is 0 Å². The van der Waals surface area contributed by atoms with E-state index >= 15 is 0 Å². The van der Waals surface area contributed by atoms with Crippen molar-refractivity contribution < 1.29 is 9.52 Å². The number of hydrogen-bond donors (Lipinski definition) is 1. The van der Waals surface area contributed by atoms with Gasteiger partial charge in [0.1, 0.15) is 0 Å². The van der Waals surface area contributed by atoms with Crippen molar-refractivity contribution >= 4 is 0 Å². The minimum absolute atomic E-state index is 0.193. The molecular formula is C11H18O2. The summed E-state index contributed by atoms with van der Waals surface area (Å²) in [5, 5.41) is 10.3. The highest BCUT2D eigenvalue weighted by molar-refractivity contribution is 5.27. The first kappa shape index (κ1) is 10.3. The summed E-state index contributed by atoms with van der Waals surface area (Å²) in [4.78, 5) is 0. The molecular weight excluding hydrogens is 164 g/mol. The predicted molar refractivity (Wildman–Crippen MR) is 52.5 cm³/mol. The molecule has 1 atom stereocenters. The smallest absolute Gasteiger partial charge is 0.0966 e. The monoisotopic (exact) mass is 182 g/mol. The molecule has 0 bridgehead atoms. The van der Waals surface area contributed by atoms with Crippen LogP contribution in [-0.2, 0) is 5.60 Å². The summed E-state index contributed by atoms with van der Waals surface area (Å²) < 4.78 is 5.07. The standard InChI is InChI=1S/C11H18O2/c1-8-6-13-7-9(8)11(5,12)10(2,3)4/h6-7,12H,1-5H3. The fourth-order valence-electron chi connectivity index (χ4n) is 1.26. The Labute approximate surface area is 79.6 Å². The number of furan rings is 1. The molecule has 0 aliphatic heterocycles. The second kappa shape index (κ2) is 2.88. The lowest BCUT2D eigenvalue weighted by molar-refractivity contribution is -0.0478. The van der Waals surface area contributed by atoms with Gasteiger partial charge in [-0.15, -0.1) is 0 Å². The molecule has 2 nitrogen and oxygen atoms in total. The van der Waals surface area contributed by atoms with E-state index in [4.69, 9.17) is 4.42 Å². The largest absolute Gasteiger partial charge is 0.472 e. The van der Waals surface area contributed by atoms with Crippen molar-refractivity contribution in [3.8, 4) is 0 Å². The van der Waals surface area contributed by atoms with Crippen LogP contribution in [0.25, 0.3) is 0 Å². The van der Waals surface area contributed by atoms with Gasteiger partial charge in [-0.2, -0.15) is 0 Å². The van der Waals surface area contributed by atoms with Crippen molar-refractivity contribution in [3.63, 3.8) is 0 Å². The molecule has 0 fully saturated rings. The topological polar surface area (TPSA) is 33.4 Å². The summed E-state index contributed by atoms with van der Waals surface area (Å²) in [6.07, 6.45) is 3.29. The lowest BCUT2D eigenvalue weighted by Crippen LogP contribution is -2.37. The molecule has 1 N–H and O–H groups in total. The van der Waals surface area contributed by atoms with Gasteiger partial charge in [-0.25, -0.2) is 0 Å². The van der Waals surface area contributed by atoms with Crippen LogP contribution in [0.2, 0.25) is 0 Å². The SMILES string of the molecule is Cc1cocc1C(C)(O)C(C)(C)C. The van der Waals surface area contributed by atoms with Gasteiger partial charge < -0.3 is 9.52 Å². The Hall–Kier alpha value is -0.760. The van der Waals surface area contributed by atoms with Crippen LogP contribution >= 0.6 is 0 Å². The second-order valence-corrected chi connectivity index (χ2v) is 4.79. The van der Waals surface area contributed by atoms with Gasteiger partial charge in [-0.05, 0) is 24.8 Å². The molecule has 0 aliphatic rings. The number of rotatable bonds is 1. The molecule has 0 radical (unpaired) electrons. The molecule has 1 rings (SSSR count). The summed E-state index contributed by atoms with van der Waals surface area (Å²) in [5.74, 6) is 0. The van der Waals surface area contributed by atoms with E-state index in [1.807, 2.05) is 34.6 Å². The van der Waals surface area contributed by atoms with Crippen molar-refractivity contribution in [1.82, 2.24) is 0 Å². The number of hydrogen-bond acceptors (Lipinski definition) is 2. The number of aliphatic hydroxyl groups is 1. The van der Waals surface area contributed by atoms with Crippen LogP contribution in [0.4, 0.5) is 0 Å². The molecule has 0 aliphatic carbocycles. The van der Waals surface area contributed by atoms with Crippen LogP contribution in [0.1, 0.15) is 38.8 Å². The Bertz CT molecular complexity index is 289. The quantitative estimate of drug-likeness (QED) is 0.724. The van der Waals surface area contributed by atoms with E-state index < -0.39 is 5.60 Å². The highest BCUT2D eigenvalue weighted by Gasteiger charge is 2.38. The summed E-state index contributed by atoms with van der Waals surface area (Å²) in [6.45, 7) is 9.81. The van der Waals surface area contributed by atoms with Gasteiger partial charge in [0, 0.05) is 5.56 Å². The minimum atomic E-state index is -0.843. The Kier molecular flexibility index (Phi) is 2.28. The first-order chi connectivity index (χ1) is 5.77. The zero-order valence-corrected chi connectivity index (χ0v) is 9.01. The summed E-state index contributed by atoms with van der Waals surface area (Å²) in [5.41, 5.74) is 0.839. The van der Waals surface area contributed by atoms with Crippen molar-refractivity contribution in [2.45, 2.75) is 40.2 Å². The van der Waals surface area contributed by atoms with Crippen molar-refractivity contribution in [3.05, 3.63) is 23.7 Å². The van der Waals surface area contributed by atoms with E-state index in [0.717, 1.165) is 11.1 Å². The van der Waals surface area contributed by atoms with E-state index in [-0.39, 0.29) is 5.41 Å². The van der Waals surface area contributed by atoms with E-state index in [1.54, 1.807) is 12.5 Å². The van der Waals surface area contributed by atoms with E-state index in [9.17, 15) is 5.11 Å². The summed E-state index contributed by atoms with van der Waals surface area (Å²) in [6, 6.07) is 0. The highest BCUT2D eigenvalue weighted by atomic mass is 16.3. The third kappa shape index (κ3) is 1.63. The van der Waals surface area contributed by atoms with E-state index in [1.165, 1.54) is 0 Å². The zero-order chi connectivity index (χ0) is 10.3. The Morgan fingerprint density at radius 2 is 1.69 bits per heavy atom. The third-order valence-electron chi connectivity index (χ3n) is 2.84. The average Bonchev–Trinajstić information content (AvgIpc) is 2.32. The Morgan fingerprint density at radius 3 is 2.00 bits per heavy atom. The molecule has 1 unspecified atom stereocenters. The molecule has 74 valence electrons. The molecule has 1 heterocycles.